The third-order valence-corrected chi connectivity index (χ3v) is 5.60. The minimum atomic E-state index is 0.681. The highest BCUT2D eigenvalue weighted by Crippen LogP contribution is 2.23. The SMILES string of the molecule is Cn1c(-c2ccco2)nn(C[NH+]2CCC(c3ccccc3)CC2)c1=S. The van der Waals surface area contributed by atoms with Crippen LogP contribution in [0.1, 0.15) is 24.3 Å². The molecule has 130 valence electrons. The molecule has 3 heterocycles. The zero-order chi connectivity index (χ0) is 17.2. The summed E-state index contributed by atoms with van der Waals surface area (Å²) in [6, 6.07) is 14.6. The van der Waals surface area contributed by atoms with Crippen LogP contribution in [0.25, 0.3) is 11.6 Å². The number of likely N-dealkylation sites (tertiary alicyclic amines) is 1. The van der Waals surface area contributed by atoms with E-state index >= 15 is 0 Å². The largest absolute Gasteiger partial charge is 0.461 e. The van der Waals surface area contributed by atoms with Crippen molar-refractivity contribution in [2.75, 3.05) is 13.1 Å². The summed E-state index contributed by atoms with van der Waals surface area (Å²) in [5, 5.41) is 4.68. The van der Waals surface area contributed by atoms with E-state index < -0.39 is 0 Å². The van der Waals surface area contributed by atoms with Crippen LogP contribution in [0.5, 0.6) is 0 Å². The quantitative estimate of drug-likeness (QED) is 0.732. The Hall–Kier alpha value is -2.18. The number of nitrogens with one attached hydrogen (secondary N) is 1. The first kappa shape index (κ1) is 16.3. The first-order valence-electron chi connectivity index (χ1n) is 8.78. The van der Waals surface area contributed by atoms with Crippen LogP contribution in [-0.4, -0.2) is 27.4 Å². The Bertz CT molecular complexity index is 874. The van der Waals surface area contributed by atoms with E-state index in [1.807, 2.05) is 28.4 Å². The maximum Gasteiger partial charge on any atom is 0.202 e. The third-order valence-electron chi connectivity index (χ3n) is 5.12. The van der Waals surface area contributed by atoms with Gasteiger partial charge in [0.1, 0.15) is 0 Å². The number of nitrogens with zero attached hydrogens (tertiary/aromatic N) is 3. The summed E-state index contributed by atoms with van der Waals surface area (Å²) in [7, 11) is 1.95. The fourth-order valence-corrected chi connectivity index (χ4v) is 3.86. The monoisotopic (exact) mass is 355 g/mol. The second-order valence-corrected chi connectivity index (χ2v) is 7.10. The van der Waals surface area contributed by atoms with Gasteiger partial charge in [-0.05, 0) is 35.8 Å². The van der Waals surface area contributed by atoms with Gasteiger partial charge >= 0.3 is 0 Å². The highest BCUT2D eigenvalue weighted by molar-refractivity contribution is 7.71. The van der Waals surface area contributed by atoms with E-state index in [1.54, 1.807) is 6.26 Å². The molecular formula is C19H23N4OS+. The predicted octanol–water partition coefficient (Wildman–Crippen LogP) is 2.63. The minimum Gasteiger partial charge on any atom is -0.461 e. The Balaban J connectivity index is 1.44. The maximum absolute atomic E-state index is 5.56. The molecule has 3 aromatic rings. The minimum absolute atomic E-state index is 0.681. The van der Waals surface area contributed by atoms with Gasteiger partial charge in [-0.3, -0.25) is 0 Å². The lowest BCUT2D eigenvalue weighted by Gasteiger charge is -2.29. The van der Waals surface area contributed by atoms with Gasteiger partial charge in [0.15, 0.2) is 18.3 Å². The number of hydrogen-bond acceptors (Lipinski definition) is 3. The van der Waals surface area contributed by atoms with E-state index in [1.165, 1.54) is 23.3 Å². The molecule has 1 saturated heterocycles. The van der Waals surface area contributed by atoms with Crippen molar-refractivity contribution in [3.8, 4) is 11.6 Å². The summed E-state index contributed by atoms with van der Waals surface area (Å²) in [4.78, 5) is 1.53. The third kappa shape index (κ3) is 3.32. The number of rotatable bonds is 4. The van der Waals surface area contributed by atoms with Crippen molar-refractivity contribution < 1.29 is 9.32 Å². The van der Waals surface area contributed by atoms with Crippen LogP contribution >= 0.6 is 12.2 Å². The molecule has 0 bridgehead atoms. The Morgan fingerprint density at radius 2 is 1.92 bits per heavy atom. The summed E-state index contributed by atoms with van der Waals surface area (Å²) in [6.45, 7) is 3.11. The van der Waals surface area contributed by atoms with Crippen LogP contribution in [0.3, 0.4) is 0 Å². The zero-order valence-electron chi connectivity index (χ0n) is 14.4. The molecule has 1 aliphatic heterocycles. The summed E-state index contributed by atoms with van der Waals surface area (Å²) in [5.41, 5.74) is 1.47. The molecule has 0 radical (unpaired) electrons. The highest BCUT2D eigenvalue weighted by atomic mass is 32.1. The molecule has 1 aliphatic rings. The van der Waals surface area contributed by atoms with Crippen molar-refractivity contribution in [1.29, 1.82) is 0 Å². The number of furan rings is 1. The predicted molar refractivity (Wildman–Crippen MR) is 98.8 cm³/mol. The lowest BCUT2D eigenvalue weighted by Crippen LogP contribution is -3.12. The average molecular weight is 355 g/mol. The fraction of sp³-hybridized carbons (Fsp3) is 0.368. The smallest absolute Gasteiger partial charge is 0.202 e. The summed E-state index contributed by atoms with van der Waals surface area (Å²) >= 11 is 5.56. The van der Waals surface area contributed by atoms with E-state index in [-0.39, 0.29) is 0 Å². The molecule has 0 atom stereocenters. The summed E-state index contributed by atoms with van der Waals surface area (Å²) in [5.74, 6) is 2.22. The van der Waals surface area contributed by atoms with E-state index in [0.29, 0.717) is 5.92 Å². The number of quaternary nitrogens is 1. The molecule has 1 fully saturated rings. The van der Waals surface area contributed by atoms with Crippen molar-refractivity contribution in [3.05, 3.63) is 59.1 Å². The molecule has 1 N–H and O–H groups in total. The average Bonchev–Trinajstić information content (AvgIpc) is 3.27. The number of benzene rings is 1. The van der Waals surface area contributed by atoms with Crippen LogP contribution in [0.4, 0.5) is 0 Å². The molecule has 0 spiro atoms. The van der Waals surface area contributed by atoms with Crippen LogP contribution in [0.15, 0.2) is 53.1 Å². The Morgan fingerprint density at radius 3 is 2.60 bits per heavy atom. The molecular weight excluding hydrogens is 332 g/mol. The lowest BCUT2D eigenvalue weighted by atomic mass is 9.90. The van der Waals surface area contributed by atoms with E-state index in [0.717, 1.165) is 36.1 Å². The van der Waals surface area contributed by atoms with Crippen LogP contribution in [-0.2, 0) is 13.7 Å². The number of hydrogen-bond donors (Lipinski definition) is 1. The van der Waals surface area contributed by atoms with E-state index in [4.69, 9.17) is 16.6 Å². The van der Waals surface area contributed by atoms with Gasteiger partial charge in [-0.25, -0.2) is 0 Å². The van der Waals surface area contributed by atoms with Crippen molar-refractivity contribution in [1.82, 2.24) is 14.3 Å². The van der Waals surface area contributed by atoms with Gasteiger partial charge in [0.05, 0.1) is 19.4 Å². The fourth-order valence-electron chi connectivity index (χ4n) is 3.67. The normalized spacial score (nSPS) is 20.7. The van der Waals surface area contributed by atoms with Crippen molar-refractivity contribution >= 4 is 12.2 Å². The second kappa shape index (κ2) is 6.98. The highest BCUT2D eigenvalue weighted by Gasteiger charge is 2.24. The van der Waals surface area contributed by atoms with E-state index in [2.05, 4.69) is 35.4 Å². The molecule has 6 heteroatoms. The van der Waals surface area contributed by atoms with Gasteiger partial charge in [0.2, 0.25) is 4.77 Å². The molecule has 25 heavy (non-hydrogen) atoms. The van der Waals surface area contributed by atoms with Crippen molar-refractivity contribution in [3.63, 3.8) is 0 Å². The van der Waals surface area contributed by atoms with E-state index in [9.17, 15) is 0 Å². The Morgan fingerprint density at radius 1 is 1.16 bits per heavy atom. The van der Waals surface area contributed by atoms with Gasteiger partial charge in [-0.15, -0.1) is 5.10 Å². The molecule has 0 aliphatic carbocycles. The van der Waals surface area contributed by atoms with Gasteiger partial charge in [-0.1, -0.05) is 30.3 Å². The van der Waals surface area contributed by atoms with Gasteiger partial charge in [-0.2, -0.15) is 4.68 Å². The van der Waals surface area contributed by atoms with Crippen LogP contribution < -0.4 is 4.90 Å². The van der Waals surface area contributed by atoms with Crippen LogP contribution in [0, 0.1) is 4.77 Å². The van der Waals surface area contributed by atoms with Gasteiger partial charge in [0, 0.05) is 19.9 Å². The van der Waals surface area contributed by atoms with Gasteiger partial charge in [0.25, 0.3) is 0 Å². The molecule has 4 rings (SSSR count). The molecule has 0 saturated carbocycles. The molecule has 5 nitrogen and oxygen atoms in total. The van der Waals surface area contributed by atoms with Crippen molar-refractivity contribution in [2.45, 2.75) is 25.4 Å². The van der Waals surface area contributed by atoms with Crippen molar-refractivity contribution in [2.24, 2.45) is 7.05 Å². The maximum atomic E-state index is 5.56. The first-order valence-corrected chi connectivity index (χ1v) is 9.19. The molecule has 1 aromatic carbocycles. The summed E-state index contributed by atoms with van der Waals surface area (Å²) < 4.78 is 10.1. The Kier molecular flexibility index (Phi) is 4.55. The first-order chi connectivity index (χ1) is 12.2. The number of aromatic nitrogens is 3. The standard InChI is InChI=1S/C19H22N4OS/c1-21-18(17-8-5-13-24-17)20-23(19(21)25)14-22-11-9-16(10-12-22)15-6-3-2-4-7-15/h2-8,13,16H,9-12,14H2,1H3/p+1. The Labute approximate surface area is 152 Å². The molecule has 0 unspecified atom stereocenters. The lowest BCUT2D eigenvalue weighted by molar-refractivity contribution is -0.928. The van der Waals surface area contributed by atoms with Crippen LogP contribution in [0.2, 0.25) is 0 Å². The van der Waals surface area contributed by atoms with Gasteiger partial charge < -0.3 is 13.9 Å². The molecule has 2 aromatic heterocycles. The number of piperidine rings is 1. The second-order valence-electron chi connectivity index (χ2n) is 6.74. The summed E-state index contributed by atoms with van der Waals surface area (Å²) in [6.07, 6.45) is 4.09. The molecule has 0 amide bonds. The zero-order valence-corrected chi connectivity index (χ0v) is 15.2. The topological polar surface area (TPSA) is 40.3 Å².